The molecule has 2 N–H and O–H groups in total. The summed E-state index contributed by atoms with van der Waals surface area (Å²) < 4.78 is 29.6. The van der Waals surface area contributed by atoms with Crippen LogP contribution in [-0.2, 0) is 24.3 Å². The summed E-state index contributed by atoms with van der Waals surface area (Å²) in [7, 11) is -2.85. The summed E-state index contributed by atoms with van der Waals surface area (Å²) in [5.74, 6) is -2.03. The highest BCUT2D eigenvalue weighted by atomic mass is 32.2. The molecule has 0 saturated carbocycles. The number of hydrogen-bond donors (Lipinski definition) is 2. The Morgan fingerprint density at radius 1 is 1.41 bits per heavy atom. The average Bonchev–Trinajstić information content (AvgIpc) is 2.24. The summed E-state index contributed by atoms with van der Waals surface area (Å²) in [4.78, 5) is 21.8. The predicted octanol–water partition coefficient (Wildman–Crippen LogP) is -0.422. The van der Waals surface area contributed by atoms with Gasteiger partial charge in [0.1, 0.15) is 0 Å². The molecule has 0 amide bonds. The van der Waals surface area contributed by atoms with Crippen LogP contribution in [0.1, 0.15) is 20.8 Å². The van der Waals surface area contributed by atoms with Crippen LogP contribution in [0.3, 0.4) is 0 Å². The van der Waals surface area contributed by atoms with Crippen molar-refractivity contribution in [3.63, 3.8) is 0 Å². The summed E-state index contributed by atoms with van der Waals surface area (Å²) in [6.45, 7) is 3.62. The highest BCUT2D eigenvalue weighted by molar-refractivity contribution is 7.90. The number of hydrogen-bond acceptors (Lipinski definition) is 5. The van der Waals surface area contributed by atoms with Gasteiger partial charge in [-0.3, -0.25) is 9.59 Å². The van der Waals surface area contributed by atoms with Crippen LogP contribution in [0.15, 0.2) is 0 Å². The van der Waals surface area contributed by atoms with Gasteiger partial charge in [-0.15, -0.1) is 0 Å². The molecule has 0 aliphatic rings. The van der Waals surface area contributed by atoms with Gasteiger partial charge in [-0.25, -0.2) is 13.1 Å². The first-order chi connectivity index (χ1) is 7.54. The van der Waals surface area contributed by atoms with Crippen molar-refractivity contribution in [2.75, 3.05) is 13.7 Å². The van der Waals surface area contributed by atoms with Gasteiger partial charge in [0.2, 0.25) is 10.0 Å². The minimum Gasteiger partial charge on any atom is -0.481 e. The maximum Gasteiger partial charge on any atom is 0.325 e. The molecule has 0 rings (SSSR count). The number of ether oxygens (including phenoxy) is 1. The van der Waals surface area contributed by atoms with E-state index in [4.69, 9.17) is 5.11 Å². The number of aliphatic carboxylic acids is 1. The molecule has 0 aromatic carbocycles. The number of carbonyl (C=O) groups excluding carboxylic acids is 1. The molecule has 8 heteroatoms. The number of carbonyl (C=O) groups is 2. The first kappa shape index (κ1) is 15.9. The second kappa shape index (κ2) is 5.46. The second-order valence-corrected chi connectivity index (χ2v) is 6.31. The molecule has 0 aliphatic heterocycles. The molecule has 7 nitrogen and oxygen atoms in total. The Bertz CT molecular complexity index is 400. The lowest BCUT2D eigenvalue weighted by atomic mass is 9.95. The molecule has 0 aromatic rings. The van der Waals surface area contributed by atoms with E-state index in [0.717, 1.165) is 7.11 Å². The van der Waals surface area contributed by atoms with E-state index in [1.165, 1.54) is 20.8 Å². The highest BCUT2D eigenvalue weighted by Gasteiger charge is 2.33. The van der Waals surface area contributed by atoms with Crippen molar-refractivity contribution in [2.45, 2.75) is 26.0 Å². The molecule has 0 aliphatic carbocycles. The van der Waals surface area contributed by atoms with Crippen molar-refractivity contribution in [3.8, 4) is 0 Å². The molecular weight excluding hydrogens is 250 g/mol. The molecule has 0 saturated heterocycles. The van der Waals surface area contributed by atoms with Crippen LogP contribution in [-0.4, -0.2) is 44.4 Å². The topological polar surface area (TPSA) is 110 Å². The van der Waals surface area contributed by atoms with E-state index in [-0.39, 0.29) is 6.54 Å². The van der Waals surface area contributed by atoms with Crippen LogP contribution in [0.5, 0.6) is 0 Å². The maximum absolute atomic E-state index is 11.6. The molecule has 1 unspecified atom stereocenters. The SMILES string of the molecule is COC(=O)C(C)S(=O)(=O)NCC(C)(C)C(=O)O. The van der Waals surface area contributed by atoms with Crippen LogP contribution in [0.2, 0.25) is 0 Å². The zero-order valence-corrected chi connectivity index (χ0v) is 11.0. The molecule has 100 valence electrons. The van der Waals surface area contributed by atoms with Crippen LogP contribution in [0.25, 0.3) is 0 Å². The molecule has 0 radical (unpaired) electrons. The Morgan fingerprint density at radius 2 is 1.88 bits per heavy atom. The van der Waals surface area contributed by atoms with Gasteiger partial charge in [0.05, 0.1) is 12.5 Å². The molecule has 0 aromatic heterocycles. The number of carboxylic acids is 1. The van der Waals surface area contributed by atoms with E-state index >= 15 is 0 Å². The molecule has 1 atom stereocenters. The van der Waals surface area contributed by atoms with E-state index in [2.05, 4.69) is 9.46 Å². The third-order valence-electron chi connectivity index (χ3n) is 2.29. The number of sulfonamides is 1. The third-order valence-corrected chi connectivity index (χ3v) is 3.96. The first-order valence-corrected chi connectivity index (χ1v) is 6.39. The first-order valence-electron chi connectivity index (χ1n) is 4.84. The van der Waals surface area contributed by atoms with Gasteiger partial charge in [-0.05, 0) is 20.8 Å². The minimum absolute atomic E-state index is 0.300. The van der Waals surface area contributed by atoms with Crippen LogP contribution in [0.4, 0.5) is 0 Å². The summed E-state index contributed by atoms with van der Waals surface area (Å²) in [6.07, 6.45) is 0. The Balaban J connectivity index is 4.69. The van der Waals surface area contributed by atoms with Gasteiger partial charge in [-0.2, -0.15) is 0 Å². The van der Waals surface area contributed by atoms with Gasteiger partial charge in [0, 0.05) is 6.54 Å². The fraction of sp³-hybridized carbons (Fsp3) is 0.778. The van der Waals surface area contributed by atoms with Crippen molar-refractivity contribution in [2.24, 2.45) is 5.41 Å². The normalized spacial score (nSPS) is 14.1. The standard InChI is InChI=1S/C9H17NO6S/c1-6(7(11)16-4)17(14,15)10-5-9(2,3)8(12)13/h6,10H,5H2,1-4H3,(H,12,13). The van der Waals surface area contributed by atoms with Crippen molar-refractivity contribution in [3.05, 3.63) is 0 Å². The lowest BCUT2D eigenvalue weighted by Gasteiger charge is -2.20. The summed E-state index contributed by atoms with van der Waals surface area (Å²) in [6, 6.07) is 0. The van der Waals surface area contributed by atoms with E-state index in [1.54, 1.807) is 0 Å². The molecule has 0 fully saturated rings. The molecule has 0 heterocycles. The fourth-order valence-corrected chi connectivity index (χ4v) is 1.94. The lowest BCUT2D eigenvalue weighted by molar-refractivity contribution is -0.146. The number of nitrogens with one attached hydrogen (secondary N) is 1. The molecule has 0 bridgehead atoms. The largest absolute Gasteiger partial charge is 0.481 e. The molecular formula is C9H17NO6S. The van der Waals surface area contributed by atoms with E-state index < -0.39 is 32.6 Å². The number of rotatable bonds is 6. The zero-order valence-electron chi connectivity index (χ0n) is 10.2. The number of carboxylic acid groups (broad SMARTS) is 1. The summed E-state index contributed by atoms with van der Waals surface area (Å²) in [5.41, 5.74) is -1.25. The van der Waals surface area contributed by atoms with Crippen molar-refractivity contribution < 1.29 is 27.9 Å². The van der Waals surface area contributed by atoms with Crippen LogP contribution >= 0.6 is 0 Å². The quantitative estimate of drug-likeness (QED) is 0.632. The van der Waals surface area contributed by atoms with E-state index in [0.29, 0.717) is 0 Å². The number of esters is 1. The minimum atomic E-state index is -3.93. The van der Waals surface area contributed by atoms with Crippen molar-refractivity contribution >= 4 is 22.0 Å². The van der Waals surface area contributed by atoms with Gasteiger partial charge >= 0.3 is 11.9 Å². The van der Waals surface area contributed by atoms with Gasteiger partial charge < -0.3 is 9.84 Å². The summed E-state index contributed by atoms with van der Waals surface area (Å²) in [5, 5.41) is 7.43. The lowest BCUT2D eigenvalue weighted by Crippen LogP contribution is -2.44. The van der Waals surface area contributed by atoms with E-state index in [9.17, 15) is 18.0 Å². The Kier molecular flexibility index (Phi) is 5.09. The Hall–Kier alpha value is -1.15. The fourth-order valence-electron chi connectivity index (χ4n) is 0.774. The predicted molar refractivity (Wildman–Crippen MR) is 59.8 cm³/mol. The Labute approximate surface area is 100 Å². The summed E-state index contributed by atoms with van der Waals surface area (Å²) >= 11 is 0. The van der Waals surface area contributed by atoms with E-state index in [1.807, 2.05) is 0 Å². The van der Waals surface area contributed by atoms with Crippen LogP contribution < -0.4 is 4.72 Å². The average molecular weight is 267 g/mol. The maximum atomic E-state index is 11.6. The van der Waals surface area contributed by atoms with Crippen molar-refractivity contribution in [1.82, 2.24) is 4.72 Å². The van der Waals surface area contributed by atoms with Crippen molar-refractivity contribution in [1.29, 1.82) is 0 Å². The highest BCUT2D eigenvalue weighted by Crippen LogP contribution is 2.14. The zero-order chi connectivity index (χ0) is 13.9. The van der Waals surface area contributed by atoms with Crippen LogP contribution in [0, 0.1) is 5.41 Å². The van der Waals surface area contributed by atoms with Gasteiger partial charge in [-0.1, -0.05) is 0 Å². The molecule has 17 heavy (non-hydrogen) atoms. The van der Waals surface area contributed by atoms with Gasteiger partial charge in [0.25, 0.3) is 0 Å². The Morgan fingerprint density at radius 3 is 2.24 bits per heavy atom. The number of methoxy groups -OCH3 is 1. The monoisotopic (exact) mass is 267 g/mol. The second-order valence-electron chi connectivity index (χ2n) is 4.22. The van der Waals surface area contributed by atoms with Gasteiger partial charge in [0.15, 0.2) is 5.25 Å². The molecule has 0 spiro atoms. The third kappa shape index (κ3) is 4.31. The smallest absolute Gasteiger partial charge is 0.325 e.